The lowest BCUT2D eigenvalue weighted by Crippen LogP contribution is -2.23. The maximum absolute atomic E-state index is 5.62. The fourth-order valence-electron chi connectivity index (χ4n) is 1.95. The highest BCUT2D eigenvalue weighted by molar-refractivity contribution is 14.1. The van der Waals surface area contributed by atoms with Crippen LogP contribution in [-0.2, 0) is 0 Å². The molecule has 96 valence electrons. The minimum atomic E-state index is 0.0891. The number of benzene rings is 1. The van der Waals surface area contributed by atoms with Gasteiger partial charge in [0.1, 0.15) is 5.76 Å². The van der Waals surface area contributed by atoms with Gasteiger partial charge in [-0.1, -0.05) is 25.1 Å². The van der Waals surface area contributed by atoms with Gasteiger partial charge in [-0.3, -0.25) is 0 Å². The molecular formula is C14H15BrINO. The van der Waals surface area contributed by atoms with Gasteiger partial charge >= 0.3 is 0 Å². The molecule has 4 heteroatoms. The highest BCUT2D eigenvalue weighted by Gasteiger charge is 2.21. The van der Waals surface area contributed by atoms with Crippen molar-refractivity contribution >= 4 is 38.5 Å². The highest BCUT2D eigenvalue weighted by atomic mass is 127. The molecule has 1 aromatic carbocycles. The van der Waals surface area contributed by atoms with Gasteiger partial charge in [-0.25, -0.2) is 0 Å². The second-order valence-corrected chi connectivity index (χ2v) is 6.03. The smallest absolute Gasteiger partial charge is 0.139 e. The summed E-state index contributed by atoms with van der Waals surface area (Å²) in [4.78, 5) is 0. The molecule has 2 rings (SSSR count). The molecule has 0 aliphatic rings. The summed E-state index contributed by atoms with van der Waals surface area (Å²) in [5, 5.41) is 3.48. The van der Waals surface area contributed by atoms with E-state index >= 15 is 0 Å². The molecule has 0 aliphatic carbocycles. The Labute approximate surface area is 129 Å². The molecule has 1 atom stereocenters. The molecule has 18 heavy (non-hydrogen) atoms. The number of hydrogen-bond acceptors (Lipinski definition) is 2. The monoisotopic (exact) mass is 419 g/mol. The van der Waals surface area contributed by atoms with Crippen LogP contribution in [0.3, 0.4) is 0 Å². The third-order valence-corrected chi connectivity index (χ3v) is 4.98. The van der Waals surface area contributed by atoms with Crippen LogP contribution in [-0.4, -0.2) is 6.54 Å². The lowest BCUT2D eigenvalue weighted by Gasteiger charge is -2.19. The van der Waals surface area contributed by atoms with Crippen LogP contribution < -0.4 is 5.32 Å². The van der Waals surface area contributed by atoms with Crippen LogP contribution in [0.4, 0.5) is 0 Å². The van der Waals surface area contributed by atoms with E-state index in [0.29, 0.717) is 0 Å². The van der Waals surface area contributed by atoms with Gasteiger partial charge in [0.05, 0.1) is 16.8 Å². The Hall–Kier alpha value is -0.330. The van der Waals surface area contributed by atoms with E-state index in [1.807, 2.05) is 6.07 Å². The van der Waals surface area contributed by atoms with Crippen molar-refractivity contribution in [1.29, 1.82) is 0 Å². The standard InChI is InChI=1S/C14H15BrINO/c1-3-17-13(14-11(15)7-8-18-14)10-6-4-5-9(2)12(10)16/h4-8,13,17H,3H2,1-2H3. The lowest BCUT2D eigenvalue weighted by molar-refractivity contribution is 0.449. The van der Waals surface area contributed by atoms with E-state index in [1.54, 1.807) is 6.26 Å². The van der Waals surface area contributed by atoms with Gasteiger partial charge in [-0.2, -0.15) is 0 Å². The van der Waals surface area contributed by atoms with E-state index in [1.165, 1.54) is 14.7 Å². The second-order valence-electron chi connectivity index (χ2n) is 4.10. The van der Waals surface area contributed by atoms with Crippen LogP contribution >= 0.6 is 38.5 Å². The lowest BCUT2D eigenvalue weighted by atomic mass is 10.0. The van der Waals surface area contributed by atoms with Crippen molar-refractivity contribution in [2.24, 2.45) is 0 Å². The minimum absolute atomic E-state index is 0.0891. The van der Waals surface area contributed by atoms with Gasteiger partial charge in [0.25, 0.3) is 0 Å². The number of halogens is 2. The van der Waals surface area contributed by atoms with Crippen molar-refractivity contribution in [2.75, 3.05) is 6.54 Å². The van der Waals surface area contributed by atoms with Gasteiger partial charge in [0, 0.05) is 3.57 Å². The first kappa shape index (κ1) is 14.1. The van der Waals surface area contributed by atoms with Crippen LogP contribution in [0.1, 0.15) is 29.9 Å². The Bertz CT molecular complexity index is 538. The highest BCUT2D eigenvalue weighted by Crippen LogP contribution is 2.32. The Morgan fingerprint density at radius 3 is 2.78 bits per heavy atom. The SMILES string of the molecule is CCNC(c1cccc(C)c1I)c1occc1Br. The van der Waals surface area contributed by atoms with E-state index in [9.17, 15) is 0 Å². The van der Waals surface area contributed by atoms with Crippen LogP contribution in [0.15, 0.2) is 39.4 Å². The van der Waals surface area contributed by atoms with E-state index in [0.717, 1.165) is 16.8 Å². The van der Waals surface area contributed by atoms with Crippen LogP contribution in [0.25, 0.3) is 0 Å². The van der Waals surface area contributed by atoms with Crippen molar-refractivity contribution in [3.05, 3.63) is 55.5 Å². The van der Waals surface area contributed by atoms with E-state index in [-0.39, 0.29) is 6.04 Å². The number of rotatable bonds is 4. The van der Waals surface area contributed by atoms with Crippen molar-refractivity contribution in [1.82, 2.24) is 5.32 Å². The molecule has 1 heterocycles. The molecule has 0 fully saturated rings. The van der Waals surface area contributed by atoms with E-state index in [4.69, 9.17) is 4.42 Å². The first-order chi connectivity index (χ1) is 8.65. The van der Waals surface area contributed by atoms with Crippen molar-refractivity contribution in [3.63, 3.8) is 0 Å². The number of furan rings is 1. The summed E-state index contributed by atoms with van der Waals surface area (Å²) < 4.78 is 7.90. The predicted octanol–water partition coefficient (Wildman–Crippen LogP) is 4.65. The Morgan fingerprint density at radius 1 is 1.39 bits per heavy atom. The Balaban J connectivity index is 2.48. The molecule has 1 aromatic heterocycles. The quantitative estimate of drug-likeness (QED) is 0.729. The zero-order chi connectivity index (χ0) is 13.1. The van der Waals surface area contributed by atoms with Gasteiger partial charge in [0.2, 0.25) is 0 Å². The maximum Gasteiger partial charge on any atom is 0.139 e. The summed E-state index contributed by atoms with van der Waals surface area (Å²) in [5.74, 6) is 0.931. The van der Waals surface area contributed by atoms with Crippen LogP contribution in [0.5, 0.6) is 0 Å². The first-order valence-corrected chi connectivity index (χ1v) is 7.73. The largest absolute Gasteiger partial charge is 0.466 e. The number of nitrogens with one attached hydrogen (secondary N) is 1. The number of aryl methyl sites for hydroxylation is 1. The number of hydrogen-bond donors (Lipinski definition) is 1. The zero-order valence-electron chi connectivity index (χ0n) is 10.3. The molecule has 0 saturated heterocycles. The van der Waals surface area contributed by atoms with Gasteiger partial charge in [0.15, 0.2) is 0 Å². The third kappa shape index (κ3) is 2.81. The summed E-state index contributed by atoms with van der Waals surface area (Å²) >= 11 is 5.94. The Morgan fingerprint density at radius 2 is 2.17 bits per heavy atom. The summed E-state index contributed by atoms with van der Waals surface area (Å²) in [5.41, 5.74) is 2.55. The average molecular weight is 420 g/mol. The Kier molecular flexibility index (Phi) is 4.86. The molecular weight excluding hydrogens is 405 g/mol. The molecule has 1 unspecified atom stereocenters. The molecule has 0 amide bonds. The van der Waals surface area contributed by atoms with Gasteiger partial charge in [-0.05, 0) is 69.2 Å². The maximum atomic E-state index is 5.62. The normalized spacial score (nSPS) is 12.7. The molecule has 0 radical (unpaired) electrons. The fraction of sp³-hybridized carbons (Fsp3) is 0.286. The summed E-state index contributed by atoms with van der Waals surface area (Å²) in [6.07, 6.45) is 1.71. The molecule has 1 N–H and O–H groups in total. The van der Waals surface area contributed by atoms with Gasteiger partial charge in [-0.15, -0.1) is 0 Å². The van der Waals surface area contributed by atoms with Crippen molar-refractivity contribution in [2.45, 2.75) is 19.9 Å². The second kappa shape index (κ2) is 6.21. The molecule has 0 bridgehead atoms. The molecule has 0 aliphatic heterocycles. The predicted molar refractivity (Wildman–Crippen MR) is 85.8 cm³/mol. The van der Waals surface area contributed by atoms with Crippen molar-refractivity contribution in [3.8, 4) is 0 Å². The average Bonchev–Trinajstić information content (AvgIpc) is 2.76. The summed E-state index contributed by atoms with van der Waals surface area (Å²) in [6.45, 7) is 5.12. The van der Waals surface area contributed by atoms with Gasteiger partial charge < -0.3 is 9.73 Å². The third-order valence-electron chi connectivity index (χ3n) is 2.85. The first-order valence-electron chi connectivity index (χ1n) is 5.86. The fourth-order valence-corrected chi connectivity index (χ4v) is 3.05. The van der Waals surface area contributed by atoms with Crippen molar-refractivity contribution < 1.29 is 4.42 Å². The molecule has 0 spiro atoms. The molecule has 2 nitrogen and oxygen atoms in total. The zero-order valence-corrected chi connectivity index (χ0v) is 14.1. The van der Waals surface area contributed by atoms with E-state index < -0.39 is 0 Å². The summed E-state index contributed by atoms with van der Waals surface area (Å²) in [6, 6.07) is 8.39. The van der Waals surface area contributed by atoms with Crippen LogP contribution in [0, 0.1) is 10.5 Å². The van der Waals surface area contributed by atoms with E-state index in [2.05, 4.69) is 75.9 Å². The van der Waals surface area contributed by atoms with Crippen LogP contribution in [0.2, 0.25) is 0 Å². The minimum Gasteiger partial charge on any atom is -0.466 e. The molecule has 2 aromatic rings. The molecule has 0 saturated carbocycles. The topological polar surface area (TPSA) is 25.2 Å². The summed E-state index contributed by atoms with van der Waals surface area (Å²) in [7, 11) is 0.